The third kappa shape index (κ3) is 24.6. The molecule has 0 saturated heterocycles. The van der Waals surface area contributed by atoms with Crippen molar-refractivity contribution in [3.8, 4) is 11.8 Å². The second kappa shape index (κ2) is 17.8. The van der Waals surface area contributed by atoms with Crippen LogP contribution in [0.5, 0.6) is 0 Å². The molecule has 0 N–H and O–H groups in total. The Bertz CT molecular complexity index is 42.3. The quantitative estimate of drug-likeness (QED) is 0.150. The van der Waals surface area contributed by atoms with Crippen LogP contribution in [0.25, 0.3) is 0 Å². The van der Waals surface area contributed by atoms with Crippen LogP contribution < -0.4 is 37.7 Å². The molecule has 0 fully saturated rings. The largest absolute Gasteiger partial charge is 1.00 e. The van der Waals surface area contributed by atoms with Gasteiger partial charge in [-0.2, -0.15) is 0 Å². The van der Waals surface area contributed by atoms with E-state index in [0.29, 0.717) is 0 Å². The maximum Gasteiger partial charge on any atom is 1.00 e. The molecule has 0 aliphatic heterocycles. The van der Waals surface area contributed by atoms with E-state index >= 15 is 0 Å². The summed E-state index contributed by atoms with van der Waals surface area (Å²) in [6.45, 7) is 6.36. The molecule has 0 amide bonds. The fourth-order valence-electron chi connectivity index (χ4n) is 0. The Balaban J connectivity index is -0.0000000450. The third-order valence-electron chi connectivity index (χ3n) is 0.125. The Hall–Kier alpha value is 0.495. The summed E-state index contributed by atoms with van der Waals surface area (Å²) in [6.07, 6.45) is 0. The summed E-state index contributed by atoms with van der Waals surface area (Å²) < 4.78 is 0. The van der Waals surface area contributed by atoms with Gasteiger partial charge >= 0.3 is 37.7 Å². The molecule has 0 aliphatic carbocycles. The van der Waals surface area contributed by atoms with Crippen molar-refractivity contribution in [2.75, 3.05) is 0 Å². The normalized spacial score (nSPS) is 2.00. The van der Waals surface area contributed by atoms with E-state index in [9.17, 15) is 0 Å². The van der Waals surface area contributed by atoms with Crippen LogP contribution >= 0.6 is 0 Å². The van der Waals surface area contributed by atoms with Crippen LogP contribution in [0, 0.1) is 25.7 Å². The molecule has 0 aliphatic rings. The maximum absolute atomic E-state index is 3.18. The minimum atomic E-state index is 0. The SMILES string of the molecule is [CH2-]C#C[CH2-].[Li+].[Li+]. The van der Waals surface area contributed by atoms with Gasteiger partial charge in [0.05, 0.1) is 0 Å². The van der Waals surface area contributed by atoms with E-state index in [2.05, 4.69) is 25.7 Å². The van der Waals surface area contributed by atoms with E-state index in [0.717, 1.165) is 0 Å². The van der Waals surface area contributed by atoms with E-state index in [1.807, 2.05) is 0 Å². The summed E-state index contributed by atoms with van der Waals surface area (Å²) >= 11 is 0. The molecule has 0 aromatic carbocycles. The van der Waals surface area contributed by atoms with Gasteiger partial charge in [0, 0.05) is 0 Å². The maximum atomic E-state index is 3.18. The molecule has 0 rings (SSSR count). The summed E-state index contributed by atoms with van der Waals surface area (Å²) in [6, 6.07) is 0. The predicted molar refractivity (Wildman–Crippen MR) is 18.5 cm³/mol. The topological polar surface area (TPSA) is 0 Å². The Morgan fingerprint density at radius 2 is 1.00 bits per heavy atom. The first kappa shape index (κ1) is 16.1. The zero-order valence-corrected chi connectivity index (χ0v) is 4.41. The first-order valence-corrected chi connectivity index (χ1v) is 0.957. The molecule has 0 heterocycles. The van der Waals surface area contributed by atoms with E-state index in [1.165, 1.54) is 0 Å². The summed E-state index contributed by atoms with van der Waals surface area (Å²) in [5, 5.41) is 0. The first-order chi connectivity index (χ1) is 1.91. The second-order valence-electron chi connectivity index (χ2n) is 0.354. The minimum Gasteiger partial charge on any atom is -0.525 e. The molecule has 6 heavy (non-hydrogen) atoms. The van der Waals surface area contributed by atoms with Crippen molar-refractivity contribution in [2.24, 2.45) is 0 Å². The van der Waals surface area contributed by atoms with Gasteiger partial charge < -0.3 is 25.7 Å². The minimum absolute atomic E-state index is 0. The van der Waals surface area contributed by atoms with Crippen LogP contribution in [0.4, 0.5) is 0 Å². The average Bonchev–Trinajstić information content (AvgIpc) is 1.37. The fourth-order valence-corrected chi connectivity index (χ4v) is 0. The standard InChI is InChI=1S/C4H4.2Li/c1-3-4-2;;/h1-2H2;;/q-2;2*+1. The number of hydrogen-bond donors (Lipinski definition) is 0. The summed E-state index contributed by atoms with van der Waals surface area (Å²) in [5.41, 5.74) is 0. The Kier molecular flexibility index (Phi) is 47.7. The van der Waals surface area contributed by atoms with Gasteiger partial charge in [-0.15, -0.1) is 0 Å². The Labute approximate surface area is 63.4 Å². The van der Waals surface area contributed by atoms with Crippen LogP contribution in [-0.4, -0.2) is 0 Å². The fraction of sp³-hybridized carbons (Fsp3) is 0. The molecule has 0 spiro atoms. The molecule has 0 atom stereocenters. The zero-order valence-electron chi connectivity index (χ0n) is 4.41. The van der Waals surface area contributed by atoms with Crippen molar-refractivity contribution in [1.82, 2.24) is 0 Å². The Morgan fingerprint density at radius 3 is 1.00 bits per heavy atom. The van der Waals surface area contributed by atoms with E-state index in [4.69, 9.17) is 0 Å². The monoisotopic (exact) mass is 66.1 g/mol. The van der Waals surface area contributed by atoms with Crippen molar-refractivity contribution in [3.05, 3.63) is 13.8 Å². The van der Waals surface area contributed by atoms with Crippen molar-refractivity contribution < 1.29 is 37.7 Å². The van der Waals surface area contributed by atoms with Crippen molar-refractivity contribution in [3.63, 3.8) is 0 Å². The molecule has 0 aromatic rings. The van der Waals surface area contributed by atoms with Gasteiger partial charge in [0.1, 0.15) is 0 Å². The molecular formula is C4H4Li2. The summed E-state index contributed by atoms with van der Waals surface area (Å²) in [4.78, 5) is 0. The van der Waals surface area contributed by atoms with Gasteiger partial charge in [-0.05, 0) is 0 Å². The number of rotatable bonds is 0. The molecule has 0 radical (unpaired) electrons. The predicted octanol–water partition coefficient (Wildman–Crippen LogP) is -5.33. The van der Waals surface area contributed by atoms with Gasteiger partial charge in [0.25, 0.3) is 0 Å². The van der Waals surface area contributed by atoms with Crippen molar-refractivity contribution in [2.45, 2.75) is 0 Å². The second-order valence-corrected chi connectivity index (χ2v) is 0.354. The van der Waals surface area contributed by atoms with Crippen molar-refractivity contribution in [1.29, 1.82) is 0 Å². The van der Waals surface area contributed by atoms with Gasteiger partial charge in [0.2, 0.25) is 0 Å². The molecule has 0 bridgehead atoms. The zero-order chi connectivity index (χ0) is 3.41. The third-order valence-corrected chi connectivity index (χ3v) is 0.125. The van der Waals surface area contributed by atoms with Gasteiger partial charge in [-0.1, -0.05) is 0 Å². The van der Waals surface area contributed by atoms with Crippen LogP contribution in [0.3, 0.4) is 0 Å². The molecule has 2 heteroatoms. The Morgan fingerprint density at radius 1 is 0.833 bits per heavy atom. The van der Waals surface area contributed by atoms with Gasteiger partial charge in [0.15, 0.2) is 0 Å². The average molecular weight is 66.0 g/mol. The molecule has 0 saturated carbocycles. The summed E-state index contributed by atoms with van der Waals surface area (Å²) in [7, 11) is 0. The molecule has 0 aromatic heterocycles. The number of hydrogen-bond acceptors (Lipinski definition) is 0. The van der Waals surface area contributed by atoms with Gasteiger partial charge in [-0.3, -0.25) is 0 Å². The van der Waals surface area contributed by atoms with Crippen LogP contribution in [0.2, 0.25) is 0 Å². The smallest absolute Gasteiger partial charge is 0.525 e. The van der Waals surface area contributed by atoms with E-state index in [-0.39, 0.29) is 37.7 Å². The molecule has 22 valence electrons. The molecule has 0 nitrogen and oxygen atoms in total. The van der Waals surface area contributed by atoms with E-state index in [1.54, 1.807) is 0 Å². The van der Waals surface area contributed by atoms with Crippen LogP contribution in [-0.2, 0) is 0 Å². The first-order valence-electron chi connectivity index (χ1n) is 0.957. The van der Waals surface area contributed by atoms with Crippen LogP contribution in [0.1, 0.15) is 0 Å². The van der Waals surface area contributed by atoms with Gasteiger partial charge in [-0.25, -0.2) is 0 Å². The summed E-state index contributed by atoms with van der Waals surface area (Å²) in [5.74, 6) is 4.64. The molecular weight excluding hydrogens is 61.9 g/mol. The van der Waals surface area contributed by atoms with Crippen LogP contribution in [0.15, 0.2) is 0 Å². The van der Waals surface area contributed by atoms with E-state index < -0.39 is 0 Å². The molecule has 0 unspecified atom stereocenters. The van der Waals surface area contributed by atoms with Crippen molar-refractivity contribution >= 4 is 0 Å².